The number of aryl methyl sites for hydroxylation is 2. The molecule has 1 aromatic rings. The predicted octanol–water partition coefficient (Wildman–Crippen LogP) is 2.39. The maximum Gasteiger partial charge on any atom is 0.0850 e. The zero-order chi connectivity index (χ0) is 9.05. The van der Waals surface area contributed by atoms with Gasteiger partial charge in [0.15, 0.2) is 0 Å². The second-order valence-electron chi connectivity index (χ2n) is 4.96. The third-order valence-electron chi connectivity index (χ3n) is 4.11. The molecular formula is C12H16Si. The van der Waals surface area contributed by atoms with Gasteiger partial charge >= 0.3 is 0 Å². The molecule has 2 aliphatic heterocycles. The van der Waals surface area contributed by atoms with Gasteiger partial charge in [0.25, 0.3) is 0 Å². The zero-order valence-corrected chi connectivity index (χ0v) is 9.48. The highest BCUT2D eigenvalue weighted by atomic mass is 28.3. The molecule has 0 fully saturated rings. The Bertz CT molecular complexity index is 381. The van der Waals surface area contributed by atoms with Crippen LogP contribution in [0.15, 0.2) is 12.1 Å². The first kappa shape index (κ1) is 7.81. The summed E-state index contributed by atoms with van der Waals surface area (Å²) in [5.74, 6) is 0. The van der Waals surface area contributed by atoms with E-state index in [1.807, 2.05) is 5.19 Å². The summed E-state index contributed by atoms with van der Waals surface area (Å²) in [5, 5.41) is 1.87. The smallest absolute Gasteiger partial charge is 0.0652 e. The van der Waals surface area contributed by atoms with E-state index in [0.29, 0.717) is 0 Å². The topological polar surface area (TPSA) is 0 Å². The normalized spacial score (nSPS) is 29.4. The minimum absolute atomic E-state index is 0.920. The summed E-state index contributed by atoms with van der Waals surface area (Å²) in [5.41, 5.74) is 4.99. The highest BCUT2D eigenvalue weighted by molar-refractivity contribution is 6.93. The lowest BCUT2D eigenvalue weighted by Gasteiger charge is -2.15. The van der Waals surface area contributed by atoms with Crippen LogP contribution in [0.4, 0.5) is 0 Å². The minimum atomic E-state index is -0.920. The number of benzene rings is 1. The van der Waals surface area contributed by atoms with Gasteiger partial charge in [0.2, 0.25) is 0 Å². The summed E-state index contributed by atoms with van der Waals surface area (Å²) in [4.78, 5) is 0. The summed E-state index contributed by atoms with van der Waals surface area (Å²) in [7, 11) is -0.920. The van der Waals surface area contributed by atoms with Crippen LogP contribution in [-0.4, -0.2) is 8.07 Å². The molecule has 2 heterocycles. The van der Waals surface area contributed by atoms with Crippen LogP contribution in [0.3, 0.4) is 0 Å². The van der Waals surface area contributed by atoms with E-state index in [9.17, 15) is 0 Å². The van der Waals surface area contributed by atoms with Gasteiger partial charge in [-0.05, 0) is 48.5 Å². The standard InChI is InChI=1S/C12H16Si/c1-9-3-4-10-5-7-13(2)8-6-11(9)12(10)13/h3-4H,5-8H2,1-2H3. The second kappa shape index (κ2) is 2.27. The van der Waals surface area contributed by atoms with Crippen LogP contribution in [-0.2, 0) is 12.8 Å². The fourth-order valence-electron chi connectivity index (χ4n) is 3.27. The molecule has 0 bridgehead atoms. The Morgan fingerprint density at radius 1 is 1.15 bits per heavy atom. The van der Waals surface area contributed by atoms with Crippen molar-refractivity contribution < 1.29 is 0 Å². The van der Waals surface area contributed by atoms with Crippen molar-refractivity contribution in [2.24, 2.45) is 0 Å². The van der Waals surface area contributed by atoms with Crippen LogP contribution in [0.25, 0.3) is 0 Å². The molecule has 1 aromatic carbocycles. The first-order chi connectivity index (χ1) is 6.21. The maximum absolute atomic E-state index is 2.59. The monoisotopic (exact) mass is 188 g/mol. The molecule has 0 saturated heterocycles. The van der Waals surface area contributed by atoms with Gasteiger partial charge in [0, 0.05) is 0 Å². The quantitative estimate of drug-likeness (QED) is 0.548. The molecule has 1 atom stereocenters. The van der Waals surface area contributed by atoms with Gasteiger partial charge in [-0.15, -0.1) is 0 Å². The molecule has 0 aromatic heterocycles. The van der Waals surface area contributed by atoms with E-state index in [4.69, 9.17) is 0 Å². The summed E-state index contributed by atoms with van der Waals surface area (Å²) in [6.45, 7) is 4.88. The molecule has 0 aliphatic carbocycles. The van der Waals surface area contributed by atoms with Gasteiger partial charge in [-0.3, -0.25) is 0 Å². The van der Waals surface area contributed by atoms with Crippen molar-refractivity contribution in [1.29, 1.82) is 0 Å². The van der Waals surface area contributed by atoms with Crippen LogP contribution in [0.2, 0.25) is 18.6 Å². The minimum Gasteiger partial charge on any atom is -0.0652 e. The molecule has 68 valence electrons. The molecule has 0 saturated carbocycles. The first-order valence-corrected chi connectivity index (χ1v) is 8.24. The van der Waals surface area contributed by atoms with Crippen LogP contribution in [0.1, 0.15) is 16.7 Å². The molecule has 0 amide bonds. The lowest BCUT2D eigenvalue weighted by atomic mass is 10.0. The zero-order valence-electron chi connectivity index (χ0n) is 8.48. The highest BCUT2D eigenvalue weighted by Crippen LogP contribution is 2.36. The Hall–Kier alpha value is -0.563. The van der Waals surface area contributed by atoms with E-state index in [2.05, 4.69) is 25.6 Å². The Kier molecular flexibility index (Phi) is 1.36. The Morgan fingerprint density at radius 3 is 2.77 bits per heavy atom. The molecule has 13 heavy (non-hydrogen) atoms. The van der Waals surface area contributed by atoms with E-state index in [0.717, 1.165) is 0 Å². The summed E-state index contributed by atoms with van der Waals surface area (Å²) in [6, 6.07) is 7.77. The van der Waals surface area contributed by atoms with E-state index in [1.165, 1.54) is 24.9 Å². The molecule has 3 rings (SSSR count). The molecule has 1 unspecified atom stereocenters. The van der Waals surface area contributed by atoms with Crippen molar-refractivity contribution in [1.82, 2.24) is 0 Å². The van der Waals surface area contributed by atoms with Gasteiger partial charge < -0.3 is 0 Å². The van der Waals surface area contributed by atoms with Crippen molar-refractivity contribution in [2.75, 3.05) is 0 Å². The summed E-state index contributed by atoms with van der Waals surface area (Å²) >= 11 is 0. The predicted molar refractivity (Wildman–Crippen MR) is 59.5 cm³/mol. The Balaban J connectivity index is 2.35. The second-order valence-corrected chi connectivity index (χ2v) is 9.58. The fourth-order valence-corrected chi connectivity index (χ4v) is 7.68. The summed E-state index contributed by atoms with van der Waals surface area (Å²) < 4.78 is 0. The van der Waals surface area contributed by atoms with Crippen molar-refractivity contribution in [2.45, 2.75) is 38.4 Å². The number of hydrogen-bond acceptors (Lipinski definition) is 0. The van der Waals surface area contributed by atoms with Crippen molar-refractivity contribution in [3.05, 3.63) is 28.8 Å². The van der Waals surface area contributed by atoms with Crippen LogP contribution in [0.5, 0.6) is 0 Å². The van der Waals surface area contributed by atoms with Crippen LogP contribution < -0.4 is 5.19 Å². The van der Waals surface area contributed by atoms with Crippen molar-refractivity contribution in [3.8, 4) is 0 Å². The number of hydrogen-bond donors (Lipinski definition) is 0. The van der Waals surface area contributed by atoms with Gasteiger partial charge in [0.1, 0.15) is 0 Å². The van der Waals surface area contributed by atoms with Gasteiger partial charge in [-0.1, -0.05) is 23.9 Å². The largest absolute Gasteiger partial charge is 0.0850 e. The SMILES string of the molecule is Cc1ccc2c3c1CC[Si]3(C)CC2. The van der Waals surface area contributed by atoms with Crippen molar-refractivity contribution >= 4 is 13.3 Å². The maximum atomic E-state index is 2.59. The lowest BCUT2D eigenvalue weighted by molar-refractivity contribution is 1.06. The summed E-state index contributed by atoms with van der Waals surface area (Å²) in [6.07, 6.45) is 2.77. The van der Waals surface area contributed by atoms with Crippen LogP contribution in [0, 0.1) is 6.92 Å². The van der Waals surface area contributed by atoms with E-state index < -0.39 is 8.07 Å². The van der Waals surface area contributed by atoms with Gasteiger partial charge in [0.05, 0.1) is 8.07 Å². The van der Waals surface area contributed by atoms with E-state index in [-0.39, 0.29) is 0 Å². The van der Waals surface area contributed by atoms with E-state index in [1.54, 1.807) is 16.7 Å². The molecule has 0 nitrogen and oxygen atoms in total. The Morgan fingerprint density at radius 2 is 1.92 bits per heavy atom. The van der Waals surface area contributed by atoms with Gasteiger partial charge in [-0.25, -0.2) is 0 Å². The van der Waals surface area contributed by atoms with Crippen LogP contribution >= 0.6 is 0 Å². The average Bonchev–Trinajstić information content (AvgIpc) is 2.59. The van der Waals surface area contributed by atoms with E-state index >= 15 is 0 Å². The molecule has 0 N–H and O–H groups in total. The first-order valence-electron chi connectivity index (χ1n) is 5.32. The fraction of sp³-hybridized carbons (Fsp3) is 0.500. The third-order valence-corrected chi connectivity index (χ3v) is 8.65. The molecule has 1 heteroatoms. The number of rotatable bonds is 0. The average molecular weight is 188 g/mol. The van der Waals surface area contributed by atoms with Gasteiger partial charge in [-0.2, -0.15) is 0 Å². The third kappa shape index (κ3) is 0.859. The molecule has 0 spiro atoms. The Labute approximate surface area is 81.0 Å². The lowest BCUT2D eigenvalue weighted by Crippen LogP contribution is -2.37. The highest BCUT2D eigenvalue weighted by Gasteiger charge is 2.42. The molecule has 0 radical (unpaired) electrons. The van der Waals surface area contributed by atoms with Crippen molar-refractivity contribution in [3.63, 3.8) is 0 Å². The molecule has 2 aliphatic rings. The molecular weight excluding hydrogens is 172 g/mol.